The fourth-order valence-electron chi connectivity index (χ4n) is 1.01. The van der Waals surface area contributed by atoms with Crippen molar-refractivity contribution in [2.45, 2.75) is 20.8 Å². The van der Waals surface area contributed by atoms with Crippen molar-refractivity contribution in [2.24, 2.45) is 11.8 Å². The van der Waals surface area contributed by atoms with E-state index in [4.69, 9.17) is 0 Å². The molecule has 0 aromatic heterocycles. The maximum absolute atomic E-state index is 2.32. The van der Waals surface area contributed by atoms with Crippen molar-refractivity contribution < 1.29 is 0 Å². The minimum Gasteiger partial charge on any atom is -0.0819 e. The lowest BCUT2D eigenvalue weighted by Gasteiger charge is -2.27. The van der Waals surface area contributed by atoms with E-state index in [9.17, 15) is 0 Å². The average Bonchev–Trinajstić information content (AvgIpc) is 1.68. The summed E-state index contributed by atoms with van der Waals surface area (Å²) in [4.78, 5) is 0. The molecule has 0 bridgehead atoms. The molecule has 40 valence electrons. The molecular weight excluding hydrogens is 84.1 g/mol. The van der Waals surface area contributed by atoms with Crippen molar-refractivity contribution in [3.05, 3.63) is 11.6 Å². The molecule has 0 aromatic rings. The molecule has 0 spiro atoms. The van der Waals surface area contributed by atoms with E-state index < -0.39 is 0 Å². The van der Waals surface area contributed by atoms with Gasteiger partial charge in [0.05, 0.1) is 0 Å². The van der Waals surface area contributed by atoms with Crippen LogP contribution < -0.4 is 0 Å². The number of allylic oxidation sites excluding steroid dienone is 2. The summed E-state index contributed by atoms with van der Waals surface area (Å²) in [5.74, 6) is 1.71. The van der Waals surface area contributed by atoms with Gasteiger partial charge in [0, 0.05) is 0 Å². The predicted molar refractivity (Wildman–Crippen MR) is 32.1 cm³/mol. The molecule has 0 fully saturated rings. The van der Waals surface area contributed by atoms with Gasteiger partial charge in [-0.1, -0.05) is 25.5 Å². The molecule has 0 amide bonds. The van der Waals surface area contributed by atoms with Gasteiger partial charge in [-0.25, -0.2) is 0 Å². The first-order valence-electron chi connectivity index (χ1n) is 2.90. The van der Waals surface area contributed by atoms with Gasteiger partial charge >= 0.3 is 0 Å². The van der Waals surface area contributed by atoms with Crippen LogP contribution >= 0.6 is 0 Å². The fourth-order valence-corrected chi connectivity index (χ4v) is 1.01. The van der Waals surface area contributed by atoms with Crippen LogP contribution in [0.15, 0.2) is 11.6 Å². The van der Waals surface area contributed by atoms with Crippen molar-refractivity contribution in [3.63, 3.8) is 0 Å². The highest BCUT2D eigenvalue weighted by Gasteiger charge is 2.19. The normalized spacial score (nSPS) is 39.6. The van der Waals surface area contributed by atoms with Gasteiger partial charge < -0.3 is 0 Å². The number of hydrogen-bond acceptors (Lipinski definition) is 0. The lowest BCUT2D eigenvalue weighted by molar-refractivity contribution is 0.463. The van der Waals surface area contributed by atoms with Gasteiger partial charge in [-0.15, -0.1) is 0 Å². The molecule has 1 aliphatic carbocycles. The highest BCUT2D eigenvalue weighted by atomic mass is 14.2. The molecule has 7 heavy (non-hydrogen) atoms. The van der Waals surface area contributed by atoms with Gasteiger partial charge in [-0.3, -0.25) is 0 Å². The summed E-state index contributed by atoms with van der Waals surface area (Å²) in [5, 5.41) is 0. The molecule has 1 aliphatic rings. The zero-order chi connectivity index (χ0) is 5.44. The Labute approximate surface area is 45.2 Å². The maximum Gasteiger partial charge on any atom is -0.0174 e. The van der Waals surface area contributed by atoms with Gasteiger partial charge in [0.1, 0.15) is 0 Å². The molecule has 0 N–H and O–H groups in total. The Bertz CT molecular complexity index is 101. The summed E-state index contributed by atoms with van der Waals surface area (Å²) in [5.41, 5.74) is 1.56. The van der Waals surface area contributed by atoms with Crippen molar-refractivity contribution >= 4 is 0 Å². The molecule has 0 saturated carbocycles. The van der Waals surface area contributed by atoms with Crippen LogP contribution in [0, 0.1) is 11.8 Å². The Morgan fingerprint density at radius 2 is 2.00 bits per heavy atom. The van der Waals surface area contributed by atoms with Crippen LogP contribution in [0.3, 0.4) is 0 Å². The Kier molecular flexibility index (Phi) is 0.949. The molecule has 0 unspecified atom stereocenters. The van der Waals surface area contributed by atoms with Gasteiger partial charge in [0.15, 0.2) is 0 Å². The van der Waals surface area contributed by atoms with E-state index in [1.807, 2.05) is 0 Å². The SMILES string of the molecule is CC1=C[C@@H](C)[C@H]1C. The quantitative estimate of drug-likeness (QED) is 0.406. The van der Waals surface area contributed by atoms with E-state index in [1.165, 1.54) is 0 Å². The topological polar surface area (TPSA) is 0 Å². The first-order valence-corrected chi connectivity index (χ1v) is 2.90. The van der Waals surface area contributed by atoms with E-state index in [0.29, 0.717) is 0 Å². The van der Waals surface area contributed by atoms with Crippen LogP contribution in [0.4, 0.5) is 0 Å². The summed E-state index contributed by atoms with van der Waals surface area (Å²) in [6.45, 7) is 6.74. The second kappa shape index (κ2) is 1.36. The standard InChI is InChI=1S/C7H12/c1-5-4-6(2)7(5)3/h4-5,7H,1-3H3/t5-,7-/m1/s1. The summed E-state index contributed by atoms with van der Waals surface area (Å²) in [6, 6.07) is 0. The molecule has 2 atom stereocenters. The fraction of sp³-hybridized carbons (Fsp3) is 0.714. The molecule has 0 radical (unpaired) electrons. The zero-order valence-corrected chi connectivity index (χ0v) is 5.23. The van der Waals surface area contributed by atoms with E-state index in [1.54, 1.807) is 5.57 Å². The van der Waals surface area contributed by atoms with Crippen LogP contribution in [0.25, 0.3) is 0 Å². The third-order valence-corrected chi connectivity index (χ3v) is 2.03. The van der Waals surface area contributed by atoms with E-state index in [-0.39, 0.29) is 0 Å². The van der Waals surface area contributed by atoms with Crippen LogP contribution in [0.2, 0.25) is 0 Å². The minimum atomic E-state index is 0.847. The minimum absolute atomic E-state index is 0.847. The maximum atomic E-state index is 2.32. The third kappa shape index (κ3) is 0.583. The molecule has 0 heterocycles. The average molecular weight is 96.2 g/mol. The predicted octanol–water partition coefficient (Wildman–Crippen LogP) is 2.22. The monoisotopic (exact) mass is 96.1 g/mol. The molecule has 1 rings (SSSR count). The highest BCUT2D eigenvalue weighted by Crippen LogP contribution is 2.31. The summed E-state index contributed by atoms with van der Waals surface area (Å²) >= 11 is 0. The van der Waals surface area contributed by atoms with E-state index >= 15 is 0 Å². The molecule has 0 nitrogen and oxygen atoms in total. The van der Waals surface area contributed by atoms with Crippen LogP contribution in [-0.4, -0.2) is 0 Å². The summed E-state index contributed by atoms with van der Waals surface area (Å²) in [6.07, 6.45) is 2.32. The van der Waals surface area contributed by atoms with Crippen molar-refractivity contribution in [3.8, 4) is 0 Å². The van der Waals surface area contributed by atoms with E-state index in [0.717, 1.165) is 11.8 Å². The second-order valence-corrected chi connectivity index (χ2v) is 2.56. The molecular formula is C7H12. The lowest BCUT2D eigenvalue weighted by Crippen LogP contribution is -2.16. The first kappa shape index (κ1) is 4.89. The lowest BCUT2D eigenvalue weighted by atomic mass is 9.78. The van der Waals surface area contributed by atoms with Crippen LogP contribution in [0.1, 0.15) is 20.8 Å². The van der Waals surface area contributed by atoms with E-state index in [2.05, 4.69) is 26.8 Å². The zero-order valence-electron chi connectivity index (χ0n) is 5.23. The highest BCUT2D eigenvalue weighted by molar-refractivity contribution is 5.17. The largest absolute Gasteiger partial charge is 0.0819 e. The first-order chi connectivity index (χ1) is 3.22. The second-order valence-electron chi connectivity index (χ2n) is 2.56. The van der Waals surface area contributed by atoms with Crippen molar-refractivity contribution in [2.75, 3.05) is 0 Å². The Hall–Kier alpha value is -0.260. The van der Waals surface area contributed by atoms with Crippen molar-refractivity contribution in [1.82, 2.24) is 0 Å². The van der Waals surface area contributed by atoms with Crippen molar-refractivity contribution in [1.29, 1.82) is 0 Å². The van der Waals surface area contributed by atoms with Gasteiger partial charge in [-0.05, 0) is 18.8 Å². The van der Waals surface area contributed by atoms with Gasteiger partial charge in [0.25, 0.3) is 0 Å². The molecule has 0 aromatic carbocycles. The third-order valence-electron chi connectivity index (χ3n) is 2.03. The van der Waals surface area contributed by atoms with Gasteiger partial charge in [0.2, 0.25) is 0 Å². The Morgan fingerprint density at radius 3 is 2.00 bits per heavy atom. The Morgan fingerprint density at radius 1 is 1.43 bits per heavy atom. The molecule has 0 heteroatoms. The molecule has 0 aliphatic heterocycles. The molecule has 0 saturated heterocycles. The smallest absolute Gasteiger partial charge is 0.0174 e. The van der Waals surface area contributed by atoms with Crippen LogP contribution in [-0.2, 0) is 0 Å². The van der Waals surface area contributed by atoms with Gasteiger partial charge in [-0.2, -0.15) is 0 Å². The summed E-state index contributed by atoms with van der Waals surface area (Å²) < 4.78 is 0. The Balaban J connectivity index is 2.57. The number of rotatable bonds is 0. The number of hydrogen-bond donors (Lipinski definition) is 0. The van der Waals surface area contributed by atoms with Crippen LogP contribution in [0.5, 0.6) is 0 Å². The summed E-state index contributed by atoms with van der Waals surface area (Å²) in [7, 11) is 0.